The Labute approximate surface area is 94.8 Å². The van der Waals surface area contributed by atoms with Gasteiger partial charge in [-0.05, 0) is 25.0 Å². The zero-order valence-electron chi connectivity index (χ0n) is 8.61. The van der Waals surface area contributed by atoms with Gasteiger partial charge >= 0.3 is 5.97 Å². The standard InChI is InChI=1S/C9H18N2O3S/c10-7(9(13)14)3-1-2-5-11-8(12)4-6-15/h7,15H,1-6,10H2,(H,11,12)(H,13,14)/t7-/m1/s1. The van der Waals surface area contributed by atoms with Crippen molar-refractivity contribution in [2.24, 2.45) is 5.73 Å². The lowest BCUT2D eigenvalue weighted by Crippen LogP contribution is -2.30. The second-order valence-corrected chi connectivity index (χ2v) is 3.71. The predicted molar refractivity (Wildman–Crippen MR) is 60.9 cm³/mol. The van der Waals surface area contributed by atoms with Crippen molar-refractivity contribution < 1.29 is 14.7 Å². The molecule has 4 N–H and O–H groups in total. The van der Waals surface area contributed by atoms with Gasteiger partial charge in [-0.3, -0.25) is 9.59 Å². The van der Waals surface area contributed by atoms with Gasteiger partial charge in [-0.25, -0.2) is 0 Å². The SMILES string of the molecule is N[C@H](CCCCNC(=O)CCS)C(=O)O. The third-order valence-electron chi connectivity index (χ3n) is 1.92. The first-order chi connectivity index (χ1) is 7.07. The molecule has 0 spiro atoms. The van der Waals surface area contributed by atoms with Crippen LogP contribution in [0.2, 0.25) is 0 Å². The van der Waals surface area contributed by atoms with E-state index in [-0.39, 0.29) is 5.91 Å². The number of carbonyl (C=O) groups is 2. The van der Waals surface area contributed by atoms with Gasteiger partial charge in [-0.15, -0.1) is 0 Å². The highest BCUT2D eigenvalue weighted by Crippen LogP contribution is 1.98. The third-order valence-corrected chi connectivity index (χ3v) is 2.14. The number of carboxylic acids is 1. The Kier molecular flexibility index (Phi) is 8.12. The van der Waals surface area contributed by atoms with Gasteiger partial charge < -0.3 is 16.2 Å². The Morgan fingerprint density at radius 2 is 2.07 bits per heavy atom. The predicted octanol–water partition coefficient (Wildman–Crippen LogP) is 0.00470. The first-order valence-corrected chi connectivity index (χ1v) is 5.57. The lowest BCUT2D eigenvalue weighted by Gasteiger charge is -2.06. The van der Waals surface area contributed by atoms with Crippen LogP contribution in [-0.2, 0) is 9.59 Å². The van der Waals surface area contributed by atoms with E-state index in [0.717, 1.165) is 6.42 Å². The highest BCUT2D eigenvalue weighted by atomic mass is 32.1. The molecule has 0 aromatic heterocycles. The van der Waals surface area contributed by atoms with Crippen molar-refractivity contribution in [1.82, 2.24) is 5.32 Å². The minimum Gasteiger partial charge on any atom is -0.480 e. The number of amides is 1. The molecule has 0 bridgehead atoms. The minimum atomic E-state index is -0.978. The summed E-state index contributed by atoms with van der Waals surface area (Å²) in [4.78, 5) is 21.3. The number of carboxylic acid groups (broad SMARTS) is 1. The lowest BCUT2D eigenvalue weighted by molar-refractivity contribution is -0.138. The molecular formula is C9H18N2O3S. The number of carbonyl (C=O) groups excluding carboxylic acids is 1. The van der Waals surface area contributed by atoms with E-state index < -0.39 is 12.0 Å². The maximum absolute atomic E-state index is 11.0. The summed E-state index contributed by atoms with van der Waals surface area (Å²) in [5.74, 6) is -0.461. The highest BCUT2D eigenvalue weighted by molar-refractivity contribution is 7.80. The fraction of sp³-hybridized carbons (Fsp3) is 0.778. The number of aliphatic carboxylic acids is 1. The molecule has 0 radical (unpaired) electrons. The van der Waals surface area contributed by atoms with Gasteiger partial charge in [-0.1, -0.05) is 0 Å². The van der Waals surface area contributed by atoms with E-state index >= 15 is 0 Å². The van der Waals surface area contributed by atoms with Gasteiger partial charge in [0.05, 0.1) is 0 Å². The molecule has 0 aliphatic heterocycles. The largest absolute Gasteiger partial charge is 0.480 e. The van der Waals surface area contributed by atoms with Crippen LogP contribution in [0.4, 0.5) is 0 Å². The normalized spacial score (nSPS) is 12.1. The van der Waals surface area contributed by atoms with Crippen LogP contribution in [0, 0.1) is 0 Å². The van der Waals surface area contributed by atoms with Crippen LogP contribution >= 0.6 is 12.6 Å². The van der Waals surface area contributed by atoms with Crippen molar-refractivity contribution in [1.29, 1.82) is 0 Å². The van der Waals surface area contributed by atoms with E-state index in [1.807, 2.05) is 0 Å². The molecule has 0 aliphatic rings. The molecule has 88 valence electrons. The van der Waals surface area contributed by atoms with Gasteiger partial charge in [0.15, 0.2) is 0 Å². The smallest absolute Gasteiger partial charge is 0.320 e. The number of thiol groups is 1. The van der Waals surface area contributed by atoms with Crippen LogP contribution in [0.1, 0.15) is 25.7 Å². The molecule has 0 saturated heterocycles. The molecular weight excluding hydrogens is 216 g/mol. The molecule has 0 aromatic rings. The summed E-state index contributed by atoms with van der Waals surface area (Å²) in [7, 11) is 0. The second-order valence-electron chi connectivity index (χ2n) is 3.26. The van der Waals surface area contributed by atoms with E-state index in [0.29, 0.717) is 31.6 Å². The van der Waals surface area contributed by atoms with Crippen molar-refractivity contribution in [3.63, 3.8) is 0 Å². The van der Waals surface area contributed by atoms with Crippen molar-refractivity contribution in [3.8, 4) is 0 Å². The van der Waals surface area contributed by atoms with Gasteiger partial charge in [0.1, 0.15) is 6.04 Å². The number of nitrogens with one attached hydrogen (secondary N) is 1. The number of hydrogen-bond acceptors (Lipinski definition) is 4. The molecule has 0 aromatic carbocycles. The Balaban J connectivity index is 3.32. The molecule has 1 atom stereocenters. The highest BCUT2D eigenvalue weighted by Gasteiger charge is 2.09. The van der Waals surface area contributed by atoms with Crippen LogP contribution in [0.3, 0.4) is 0 Å². The fourth-order valence-electron chi connectivity index (χ4n) is 1.03. The first kappa shape index (κ1) is 14.2. The zero-order valence-corrected chi connectivity index (χ0v) is 9.50. The molecule has 0 heterocycles. The summed E-state index contributed by atoms with van der Waals surface area (Å²) in [5.41, 5.74) is 5.31. The summed E-state index contributed by atoms with van der Waals surface area (Å²) in [6.07, 6.45) is 2.31. The van der Waals surface area contributed by atoms with Crippen LogP contribution < -0.4 is 11.1 Å². The number of hydrogen-bond donors (Lipinski definition) is 4. The summed E-state index contributed by atoms with van der Waals surface area (Å²) in [6.45, 7) is 0.568. The van der Waals surface area contributed by atoms with E-state index in [2.05, 4.69) is 17.9 Å². The van der Waals surface area contributed by atoms with Crippen LogP contribution in [-0.4, -0.2) is 35.3 Å². The van der Waals surface area contributed by atoms with Gasteiger partial charge in [-0.2, -0.15) is 12.6 Å². The first-order valence-electron chi connectivity index (χ1n) is 4.94. The van der Waals surface area contributed by atoms with E-state index in [9.17, 15) is 9.59 Å². The number of rotatable bonds is 8. The topological polar surface area (TPSA) is 92.4 Å². The second kappa shape index (κ2) is 8.55. The van der Waals surface area contributed by atoms with E-state index in [1.54, 1.807) is 0 Å². The van der Waals surface area contributed by atoms with E-state index in [1.165, 1.54) is 0 Å². The molecule has 5 nitrogen and oxygen atoms in total. The zero-order chi connectivity index (χ0) is 11.7. The molecule has 0 aliphatic carbocycles. The van der Waals surface area contributed by atoms with Gasteiger partial charge in [0.25, 0.3) is 0 Å². The van der Waals surface area contributed by atoms with Crippen molar-refractivity contribution in [3.05, 3.63) is 0 Å². The van der Waals surface area contributed by atoms with Crippen LogP contribution in [0.25, 0.3) is 0 Å². The summed E-state index contributed by atoms with van der Waals surface area (Å²) >= 11 is 3.93. The average Bonchev–Trinajstić information content (AvgIpc) is 2.17. The molecule has 1 amide bonds. The maximum Gasteiger partial charge on any atom is 0.320 e. The monoisotopic (exact) mass is 234 g/mol. The Morgan fingerprint density at radius 1 is 1.40 bits per heavy atom. The third kappa shape index (κ3) is 8.26. The van der Waals surface area contributed by atoms with Crippen molar-refractivity contribution in [2.75, 3.05) is 12.3 Å². The molecule has 15 heavy (non-hydrogen) atoms. The van der Waals surface area contributed by atoms with E-state index in [4.69, 9.17) is 10.8 Å². The van der Waals surface area contributed by atoms with Crippen LogP contribution in [0.15, 0.2) is 0 Å². The van der Waals surface area contributed by atoms with Crippen molar-refractivity contribution >= 4 is 24.5 Å². The Morgan fingerprint density at radius 3 is 2.60 bits per heavy atom. The molecule has 6 heteroatoms. The molecule has 0 saturated carbocycles. The summed E-state index contributed by atoms with van der Waals surface area (Å²) < 4.78 is 0. The Bertz CT molecular complexity index is 212. The molecule has 0 rings (SSSR count). The summed E-state index contributed by atoms with van der Waals surface area (Å²) in [6, 6.07) is -0.793. The van der Waals surface area contributed by atoms with Crippen LogP contribution in [0.5, 0.6) is 0 Å². The fourth-order valence-corrected chi connectivity index (χ4v) is 1.23. The maximum atomic E-state index is 11.0. The van der Waals surface area contributed by atoms with Gasteiger partial charge in [0.2, 0.25) is 5.91 Å². The van der Waals surface area contributed by atoms with Crippen molar-refractivity contribution in [2.45, 2.75) is 31.7 Å². The molecule has 0 unspecified atom stereocenters. The number of unbranched alkanes of at least 4 members (excludes halogenated alkanes) is 1. The van der Waals surface area contributed by atoms with Gasteiger partial charge in [0, 0.05) is 13.0 Å². The number of nitrogens with two attached hydrogens (primary N) is 1. The average molecular weight is 234 g/mol. The minimum absolute atomic E-state index is 0.0208. The molecule has 0 fully saturated rings. The quantitative estimate of drug-likeness (QED) is 0.351. The summed E-state index contributed by atoms with van der Waals surface area (Å²) in [5, 5.41) is 11.2. The Hall–Kier alpha value is -0.750. The lowest BCUT2D eigenvalue weighted by atomic mass is 10.1.